The fourth-order valence-corrected chi connectivity index (χ4v) is 0.332. The molecule has 0 saturated heterocycles. The van der Waals surface area contributed by atoms with Gasteiger partial charge in [0.25, 0.3) is 0 Å². The molecule has 0 aromatic heterocycles. The Morgan fingerprint density at radius 1 is 1.38 bits per heavy atom. The minimum Gasteiger partial charge on any atom is -0.405 e. The number of hydrogen-bond acceptors (Lipinski definition) is 1. The van der Waals surface area contributed by atoms with Crippen LogP contribution in [0.15, 0.2) is 37.1 Å². The monoisotopic (exact) mass is 109 g/mol. The number of hydrogen-bond donors (Lipinski definition) is 1. The Labute approximate surface area is 50.2 Å². The minimum atomic E-state index is 0.891. The van der Waals surface area contributed by atoms with Crippen LogP contribution in [0, 0.1) is 0 Å². The van der Waals surface area contributed by atoms with Gasteiger partial charge in [-0.2, -0.15) is 0 Å². The van der Waals surface area contributed by atoms with E-state index in [1.165, 1.54) is 6.20 Å². The molecule has 44 valence electrons. The van der Waals surface area contributed by atoms with E-state index in [0.29, 0.717) is 0 Å². The van der Waals surface area contributed by atoms with Crippen molar-refractivity contribution in [3.05, 3.63) is 37.1 Å². The number of nitrogens with two attached hydrogens (primary N) is 1. The largest absolute Gasteiger partial charge is 0.405 e. The Kier molecular flexibility index (Phi) is 5.28. The van der Waals surface area contributed by atoms with Gasteiger partial charge in [-0.1, -0.05) is 30.9 Å². The van der Waals surface area contributed by atoms with E-state index in [2.05, 4.69) is 6.58 Å². The molecule has 0 aliphatic rings. The zero-order chi connectivity index (χ0) is 6.24. The van der Waals surface area contributed by atoms with Gasteiger partial charge in [0, 0.05) is 0 Å². The summed E-state index contributed by atoms with van der Waals surface area (Å²) in [4.78, 5) is 0. The van der Waals surface area contributed by atoms with Gasteiger partial charge in [-0.25, -0.2) is 0 Å². The molecule has 0 aliphatic heterocycles. The van der Waals surface area contributed by atoms with Crippen molar-refractivity contribution in [1.29, 1.82) is 0 Å². The molecule has 0 aliphatic carbocycles. The molecule has 0 atom stereocenters. The van der Waals surface area contributed by atoms with Crippen molar-refractivity contribution in [2.75, 3.05) is 0 Å². The molecule has 0 radical (unpaired) electrons. The van der Waals surface area contributed by atoms with Crippen molar-refractivity contribution < 1.29 is 0 Å². The third kappa shape index (κ3) is 5.02. The lowest BCUT2D eigenvalue weighted by Crippen LogP contribution is -1.73. The molecule has 8 heavy (non-hydrogen) atoms. The number of allylic oxidation sites excluding steroid dienone is 4. The SMILES string of the molecule is C=C/C=C\C/C=C/N. The van der Waals surface area contributed by atoms with Gasteiger partial charge in [0.1, 0.15) is 0 Å². The molecular formula is C7H11N. The average Bonchev–Trinajstić information content (AvgIpc) is 1.81. The van der Waals surface area contributed by atoms with Crippen molar-refractivity contribution in [3.63, 3.8) is 0 Å². The van der Waals surface area contributed by atoms with Crippen LogP contribution < -0.4 is 5.73 Å². The highest BCUT2D eigenvalue weighted by molar-refractivity contribution is 5.00. The average molecular weight is 109 g/mol. The molecular weight excluding hydrogens is 98.1 g/mol. The molecule has 0 rings (SSSR count). The first-order valence-electron chi connectivity index (χ1n) is 2.56. The molecule has 0 fully saturated rings. The summed E-state index contributed by atoms with van der Waals surface area (Å²) in [6, 6.07) is 0. The molecule has 0 spiro atoms. The van der Waals surface area contributed by atoms with E-state index in [1.807, 2.05) is 18.2 Å². The maximum atomic E-state index is 5.07. The standard InChI is InChI=1S/C7H11N/c1-2-3-4-5-6-7-8/h2-4,6-7H,1,5,8H2/b4-3-,7-6+. The summed E-state index contributed by atoms with van der Waals surface area (Å²) in [5.41, 5.74) is 5.07. The van der Waals surface area contributed by atoms with Gasteiger partial charge in [0.15, 0.2) is 0 Å². The summed E-state index contributed by atoms with van der Waals surface area (Å²) in [6.07, 6.45) is 9.91. The van der Waals surface area contributed by atoms with Crippen LogP contribution in [0.1, 0.15) is 6.42 Å². The maximum Gasteiger partial charge on any atom is -0.00999 e. The molecule has 1 nitrogen and oxygen atoms in total. The Morgan fingerprint density at radius 3 is 2.62 bits per heavy atom. The van der Waals surface area contributed by atoms with E-state index >= 15 is 0 Å². The number of rotatable bonds is 3. The highest BCUT2D eigenvalue weighted by Gasteiger charge is 1.63. The lowest BCUT2D eigenvalue weighted by Gasteiger charge is -1.74. The molecule has 0 bridgehead atoms. The summed E-state index contributed by atoms with van der Waals surface area (Å²) in [5.74, 6) is 0. The van der Waals surface area contributed by atoms with Gasteiger partial charge < -0.3 is 5.73 Å². The van der Waals surface area contributed by atoms with Gasteiger partial charge >= 0.3 is 0 Å². The van der Waals surface area contributed by atoms with Gasteiger partial charge in [-0.15, -0.1) is 0 Å². The lowest BCUT2D eigenvalue weighted by molar-refractivity contribution is 1.36. The van der Waals surface area contributed by atoms with E-state index in [0.717, 1.165) is 6.42 Å². The predicted molar refractivity (Wildman–Crippen MR) is 37.3 cm³/mol. The molecule has 1 heteroatoms. The Morgan fingerprint density at radius 2 is 2.12 bits per heavy atom. The van der Waals surface area contributed by atoms with Gasteiger partial charge in [-0.3, -0.25) is 0 Å². The van der Waals surface area contributed by atoms with Gasteiger partial charge in [-0.05, 0) is 12.6 Å². The topological polar surface area (TPSA) is 26.0 Å². The third-order valence-electron chi connectivity index (χ3n) is 0.680. The van der Waals surface area contributed by atoms with Crippen LogP contribution in [-0.4, -0.2) is 0 Å². The van der Waals surface area contributed by atoms with Crippen molar-refractivity contribution in [2.45, 2.75) is 6.42 Å². The molecule has 0 saturated carbocycles. The molecule has 0 unspecified atom stereocenters. The summed E-state index contributed by atoms with van der Waals surface area (Å²) in [6.45, 7) is 3.52. The Hall–Kier alpha value is -0.980. The molecule has 2 N–H and O–H groups in total. The van der Waals surface area contributed by atoms with E-state index in [1.54, 1.807) is 6.08 Å². The van der Waals surface area contributed by atoms with Gasteiger partial charge in [0.05, 0.1) is 0 Å². The van der Waals surface area contributed by atoms with Crippen molar-refractivity contribution >= 4 is 0 Å². The van der Waals surface area contributed by atoms with E-state index in [-0.39, 0.29) is 0 Å². The smallest absolute Gasteiger partial charge is 0.00999 e. The predicted octanol–water partition coefficient (Wildman–Crippen LogP) is 1.59. The van der Waals surface area contributed by atoms with Crippen LogP contribution in [0.2, 0.25) is 0 Å². The van der Waals surface area contributed by atoms with Crippen LogP contribution in [0.5, 0.6) is 0 Å². The van der Waals surface area contributed by atoms with E-state index < -0.39 is 0 Å². The lowest BCUT2D eigenvalue weighted by atomic mass is 10.4. The summed E-state index contributed by atoms with van der Waals surface area (Å²) in [7, 11) is 0. The highest BCUT2D eigenvalue weighted by atomic mass is 14.5. The van der Waals surface area contributed by atoms with Crippen LogP contribution in [0.25, 0.3) is 0 Å². The first kappa shape index (κ1) is 7.02. The zero-order valence-electron chi connectivity index (χ0n) is 4.88. The fourth-order valence-electron chi connectivity index (χ4n) is 0.332. The fraction of sp³-hybridized carbons (Fsp3) is 0.143. The second kappa shape index (κ2) is 6.02. The zero-order valence-corrected chi connectivity index (χ0v) is 4.88. The van der Waals surface area contributed by atoms with Crippen LogP contribution in [0.4, 0.5) is 0 Å². The molecule has 0 heterocycles. The molecule has 0 aromatic rings. The van der Waals surface area contributed by atoms with Gasteiger partial charge in [0.2, 0.25) is 0 Å². The summed E-state index contributed by atoms with van der Waals surface area (Å²) in [5, 5.41) is 0. The summed E-state index contributed by atoms with van der Waals surface area (Å²) >= 11 is 0. The first-order valence-corrected chi connectivity index (χ1v) is 2.56. The van der Waals surface area contributed by atoms with Crippen molar-refractivity contribution in [1.82, 2.24) is 0 Å². The Bertz CT molecular complexity index is 101. The van der Waals surface area contributed by atoms with Crippen LogP contribution in [-0.2, 0) is 0 Å². The maximum absolute atomic E-state index is 5.07. The van der Waals surface area contributed by atoms with E-state index in [9.17, 15) is 0 Å². The summed E-state index contributed by atoms with van der Waals surface area (Å²) < 4.78 is 0. The quantitative estimate of drug-likeness (QED) is 0.547. The Balaban J connectivity index is 3.15. The van der Waals surface area contributed by atoms with Crippen LogP contribution >= 0.6 is 0 Å². The van der Waals surface area contributed by atoms with Crippen molar-refractivity contribution in [3.8, 4) is 0 Å². The van der Waals surface area contributed by atoms with E-state index in [4.69, 9.17) is 5.73 Å². The first-order chi connectivity index (χ1) is 3.91. The minimum absolute atomic E-state index is 0.891. The van der Waals surface area contributed by atoms with Crippen molar-refractivity contribution in [2.24, 2.45) is 5.73 Å². The second-order valence-corrected chi connectivity index (χ2v) is 1.33. The molecule has 0 aromatic carbocycles. The molecule has 0 amide bonds. The highest BCUT2D eigenvalue weighted by Crippen LogP contribution is 1.82. The second-order valence-electron chi connectivity index (χ2n) is 1.33. The third-order valence-corrected chi connectivity index (χ3v) is 0.680. The van der Waals surface area contributed by atoms with Crippen LogP contribution in [0.3, 0.4) is 0 Å². The normalized spacial score (nSPS) is 11.0.